The summed E-state index contributed by atoms with van der Waals surface area (Å²) in [6.45, 7) is 18.5. The highest BCUT2D eigenvalue weighted by Crippen LogP contribution is 2.06. The summed E-state index contributed by atoms with van der Waals surface area (Å²) in [6.07, 6.45) is 12.5. The summed E-state index contributed by atoms with van der Waals surface area (Å²) < 4.78 is 4.83. The quantitative estimate of drug-likeness (QED) is 0.431. The van der Waals surface area contributed by atoms with Crippen LogP contribution in [0.1, 0.15) is 81.1 Å². The van der Waals surface area contributed by atoms with Crippen molar-refractivity contribution in [3.05, 3.63) is 46.6 Å². The van der Waals surface area contributed by atoms with E-state index in [4.69, 9.17) is 14.9 Å². The Kier molecular flexibility index (Phi) is 28.1. The number of aliphatic hydroxyl groups excluding tert-OH is 2. The zero-order chi connectivity index (χ0) is 21.5. The van der Waals surface area contributed by atoms with Crippen molar-refractivity contribution in [1.29, 1.82) is 0 Å². The highest BCUT2D eigenvalue weighted by Gasteiger charge is 1.87. The molecule has 0 aromatic carbocycles. The van der Waals surface area contributed by atoms with Crippen molar-refractivity contribution in [2.45, 2.75) is 81.1 Å². The minimum absolute atomic E-state index is 0.167. The third kappa shape index (κ3) is 36.5. The van der Waals surface area contributed by atoms with Gasteiger partial charge in [-0.2, -0.15) is 0 Å². The van der Waals surface area contributed by atoms with E-state index in [2.05, 4.69) is 53.7 Å². The Morgan fingerprint density at radius 1 is 0.630 bits per heavy atom. The Hall–Kier alpha value is -1.16. The van der Waals surface area contributed by atoms with E-state index in [9.17, 15) is 0 Å². The van der Waals surface area contributed by atoms with Gasteiger partial charge < -0.3 is 14.9 Å². The maximum atomic E-state index is 8.55. The molecule has 0 aliphatic heterocycles. The summed E-state index contributed by atoms with van der Waals surface area (Å²) >= 11 is 0. The first-order valence-electron chi connectivity index (χ1n) is 10.1. The van der Waals surface area contributed by atoms with Crippen LogP contribution < -0.4 is 0 Å². The second-order valence-corrected chi connectivity index (χ2v) is 6.89. The van der Waals surface area contributed by atoms with Crippen LogP contribution in [0.15, 0.2) is 46.6 Å². The second kappa shape index (κ2) is 24.8. The molecule has 0 saturated carbocycles. The van der Waals surface area contributed by atoms with Gasteiger partial charge in [-0.25, -0.2) is 0 Å². The summed E-state index contributed by atoms with van der Waals surface area (Å²) in [5.41, 5.74) is 5.26. The van der Waals surface area contributed by atoms with E-state index >= 15 is 0 Å². The van der Waals surface area contributed by atoms with Crippen LogP contribution in [-0.4, -0.2) is 36.6 Å². The molecule has 0 aliphatic carbocycles. The van der Waals surface area contributed by atoms with E-state index in [1.54, 1.807) is 0 Å². The van der Waals surface area contributed by atoms with Crippen LogP contribution in [0.5, 0.6) is 0 Å². The second-order valence-electron chi connectivity index (χ2n) is 6.89. The van der Waals surface area contributed by atoms with Crippen LogP contribution in [0.4, 0.5) is 0 Å². The number of ether oxygens (including phenoxy) is 1. The Balaban J connectivity index is -0.000000344. The van der Waals surface area contributed by atoms with Crippen LogP contribution in [0.3, 0.4) is 0 Å². The van der Waals surface area contributed by atoms with Gasteiger partial charge >= 0.3 is 0 Å². The molecule has 0 aromatic rings. The largest absolute Gasteiger partial charge is 0.392 e. The van der Waals surface area contributed by atoms with Crippen molar-refractivity contribution in [1.82, 2.24) is 0 Å². The molecule has 0 amide bonds. The van der Waals surface area contributed by atoms with E-state index in [1.165, 1.54) is 22.3 Å². The average molecular weight is 383 g/mol. The number of allylic oxidation sites excluding steroid dienone is 6. The van der Waals surface area contributed by atoms with Gasteiger partial charge in [0.05, 0.1) is 13.2 Å². The van der Waals surface area contributed by atoms with Crippen LogP contribution >= 0.6 is 0 Å². The van der Waals surface area contributed by atoms with Gasteiger partial charge in [0.15, 0.2) is 0 Å². The lowest BCUT2D eigenvalue weighted by molar-refractivity contribution is 0.162. The fraction of sp³-hybridized carbons (Fsp3) is 0.667. The van der Waals surface area contributed by atoms with Gasteiger partial charge in [-0.15, -0.1) is 0 Å². The van der Waals surface area contributed by atoms with Crippen LogP contribution in [0, 0.1) is 0 Å². The fourth-order valence-corrected chi connectivity index (χ4v) is 1.90. The molecule has 0 unspecified atom stereocenters. The van der Waals surface area contributed by atoms with Gasteiger partial charge in [0.2, 0.25) is 0 Å². The molecule has 0 aliphatic rings. The Labute approximate surface area is 169 Å². The highest BCUT2D eigenvalue weighted by molar-refractivity contribution is 5.02. The van der Waals surface area contributed by atoms with E-state index in [1.807, 2.05) is 26.0 Å². The highest BCUT2D eigenvalue weighted by atomic mass is 16.5. The SMILES string of the molecule is CC(C)=CCC/C(C)=C/CO.CC(C)=CCC/C(C)=C\CO.CCOCC. The van der Waals surface area contributed by atoms with Crippen molar-refractivity contribution in [2.24, 2.45) is 0 Å². The van der Waals surface area contributed by atoms with E-state index in [-0.39, 0.29) is 13.2 Å². The van der Waals surface area contributed by atoms with Crippen LogP contribution in [0.25, 0.3) is 0 Å². The molecular formula is C24H46O3. The molecule has 2 N–H and O–H groups in total. The summed E-state index contributed by atoms with van der Waals surface area (Å²) in [5.74, 6) is 0. The van der Waals surface area contributed by atoms with E-state index in [0.29, 0.717) is 0 Å². The molecule has 160 valence electrons. The third-order valence-corrected chi connectivity index (χ3v) is 3.47. The molecule has 0 radical (unpaired) electrons. The van der Waals surface area contributed by atoms with Crippen molar-refractivity contribution >= 4 is 0 Å². The Morgan fingerprint density at radius 3 is 1.15 bits per heavy atom. The molecule has 0 saturated heterocycles. The van der Waals surface area contributed by atoms with Crippen molar-refractivity contribution in [3.8, 4) is 0 Å². The molecule has 0 aromatic heterocycles. The van der Waals surface area contributed by atoms with Gasteiger partial charge in [-0.3, -0.25) is 0 Å². The summed E-state index contributed by atoms with van der Waals surface area (Å²) in [6, 6.07) is 0. The molecule has 0 heterocycles. The number of rotatable bonds is 10. The molecule has 0 atom stereocenters. The predicted molar refractivity (Wildman–Crippen MR) is 121 cm³/mol. The monoisotopic (exact) mass is 382 g/mol. The van der Waals surface area contributed by atoms with Crippen molar-refractivity contribution < 1.29 is 14.9 Å². The zero-order valence-electron chi connectivity index (χ0n) is 19.3. The standard InChI is InChI=1S/2C10H18O.C4H10O/c2*1-9(2)5-4-6-10(3)7-8-11;1-3-5-4-2/h2*5,7,11H,4,6,8H2,1-3H3;3-4H2,1-2H3/b10-7+;10-7-;. The number of hydrogen-bond acceptors (Lipinski definition) is 3. The van der Waals surface area contributed by atoms with Gasteiger partial charge in [-0.1, -0.05) is 46.6 Å². The minimum Gasteiger partial charge on any atom is -0.392 e. The van der Waals surface area contributed by atoms with Crippen LogP contribution in [0.2, 0.25) is 0 Å². The molecule has 0 rings (SSSR count). The number of aliphatic hydroxyl groups is 2. The zero-order valence-corrected chi connectivity index (χ0v) is 19.3. The van der Waals surface area contributed by atoms with Crippen molar-refractivity contribution in [3.63, 3.8) is 0 Å². The summed E-state index contributed by atoms with van der Waals surface area (Å²) in [4.78, 5) is 0. The third-order valence-electron chi connectivity index (χ3n) is 3.47. The molecular weight excluding hydrogens is 336 g/mol. The van der Waals surface area contributed by atoms with E-state index in [0.717, 1.165) is 38.9 Å². The van der Waals surface area contributed by atoms with Crippen LogP contribution in [-0.2, 0) is 4.74 Å². The first-order valence-corrected chi connectivity index (χ1v) is 10.1. The van der Waals surface area contributed by atoms with Crippen molar-refractivity contribution in [2.75, 3.05) is 26.4 Å². The molecule has 0 spiro atoms. The molecule has 3 nitrogen and oxygen atoms in total. The molecule has 27 heavy (non-hydrogen) atoms. The Morgan fingerprint density at radius 2 is 0.963 bits per heavy atom. The van der Waals surface area contributed by atoms with Gasteiger partial charge in [0, 0.05) is 13.2 Å². The fourth-order valence-electron chi connectivity index (χ4n) is 1.90. The smallest absolute Gasteiger partial charge is 0.0614 e. The Bertz CT molecular complexity index is 381. The first kappa shape index (κ1) is 30.6. The maximum absolute atomic E-state index is 8.55. The summed E-state index contributed by atoms with van der Waals surface area (Å²) in [5, 5.41) is 17.1. The van der Waals surface area contributed by atoms with Gasteiger partial charge in [0.25, 0.3) is 0 Å². The van der Waals surface area contributed by atoms with Gasteiger partial charge in [0.1, 0.15) is 0 Å². The normalized spacial score (nSPS) is 10.9. The molecule has 0 bridgehead atoms. The lowest BCUT2D eigenvalue weighted by Crippen LogP contribution is -1.84. The van der Waals surface area contributed by atoms with Gasteiger partial charge in [-0.05, 0) is 81.1 Å². The molecule has 3 heteroatoms. The van der Waals surface area contributed by atoms with E-state index < -0.39 is 0 Å². The summed E-state index contributed by atoms with van der Waals surface area (Å²) in [7, 11) is 0. The lowest BCUT2D eigenvalue weighted by atomic mass is 10.1. The molecule has 0 fully saturated rings. The lowest BCUT2D eigenvalue weighted by Gasteiger charge is -1.96. The predicted octanol–water partition coefficient (Wildman–Crippen LogP) is 6.39. The number of hydrogen-bond donors (Lipinski definition) is 2. The topological polar surface area (TPSA) is 49.7 Å². The maximum Gasteiger partial charge on any atom is 0.0614 e. The average Bonchev–Trinajstić information content (AvgIpc) is 2.56. The minimum atomic E-state index is 0.167. The first-order chi connectivity index (χ1) is 12.7.